The van der Waals surface area contributed by atoms with E-state index in [4.69, 9.17) is 4.74 Å². The Labute approximate surface area is 193 Å². The molecule has 0 spiro atoms. The van der Waals surface area contributed by atoms with E-state index in [1.54, 1.807) is 6.07 Å². The Balaban J connectivity index is 1.53. The van der Waals surface area contributed by atoms with E-state index in [2.05, 4.69) is 51.1 Å². The first-order valence-electron chi connectivity index (χ1n) is 12.3. The molecule has 0 saturated heterocycles. The Hall–Kier alpha value is -2.60. The zero-order valence-corrected chi connectivity index (χ0v) is 19.9. The van der Waals surface area contributed by atoms with Crippen molar-refractivity contribution in [1.82, 2.24) is 0 Å². The van der Waals surface area contributed by atoms with Gasteiger partial charge in [-0.15, -0.1) is 0 Å². The van der Waals surface area contributed by atoms with Gasteiger partial charge >= 0.3 is 5.97 Å². The third-order valence-corrected chi connectivity index (χ3v) is 6.60. The van der Waals surface area contributed by atoms with Gasteiger partial charge in [0.15, 0.2) is 0 Å². The topological polar surface area (TPSA) is 50.1 Å². The summed E-state index contributed by atoms with van der Waals surface area (Å²) in [7, 11) is 0. The van der Waals surface area contributed by atoms with Crippen molar-refractivity contribution >= 4 is 5.97 Å². The number of nitrogens with zero attached hydrogens (tertiary/aromatic N) is 1. The third-order valence-electron chi connectivity index (χ3n) is 6.60. The molecule has 0 bridgehead atoms. The van der Waals surface area contributed by atoms with Crippen LogP contribution in [0.1, 0.15) is 93.9 Å². The molecule has 0 unspecified atom stereocenters. The maximum absolute atomic E-state index is 12.8. The molecule has 3 nitrogen and oxygen atoms in total. The van der Waals surface area contributed by atoms with Crippen LogP contribution in [-0.4, -0.2) is 5.97 Å². The summed E-state index contributed by atoms with van der Waals surface area (Å²) < 4.78 is 5.69. The van der Waals surface area contributed by atoms with Crippen LogP contribution in [0, 0.1) is 23.2 Å². The fraction of sp³-hybridized carbons (Fsp3) is 0.517. The van der Waals surface area contributed by atoms with Crippen molar-refractivity contribution in [2.45, 2.75) is 84.5 Å². The summed E-state index contributed by atoms with van der Waals surface area (Å²) >= 11 is 0. The fourth-order valence-electron chi connectivity index (χ4n) is 4.74. The van der Waals surface area contributed by atoms with Crippen LogP contribution in [0.5, 0.6) is 5.75 Å². The van der Waals surface area contributed by atoms with Crippen molar-refractivity contribution in [3.05, 3.63) is 64.7 Å². The molecule has 0 radical (unpaired) electrons. The van der Waals surface area contributed by atoms with E-state index in [0.717, 1.165) is 50.5 Å². The molecule has 0 heterocycles. The van der Waals surface area contributed by atoms with Gasteiger partial charge in [-0.1, -0.05) is 63.9 Å². The van der Waals surface area contributed by atoms with Crippen molar-refractivity contribution in [3.8, 4) is 11.8 Å². The molecule has 0 aromatic heterocycles. The van der Waals surface area contributed by atoms with Crippen molar-refractivity contribution < 1.29 is 9.53 Å². The van der Waals surface area contributed by atoms with Gasteiger partial charge in [0.1, 0.15) is 11.8 Å². The summed E-state index contributed by atoms with van der Waals surface area (Å²) in [6, 6.07) is 16.9. The summed E-state index contributed by atoms with van der Waals surface area (Å²) in [5.41, 5.74) is 4.37. The number of nitriles is 1. The Morgan fingerprint density at radius 1 is 1.03 bits per heavy atom. The number of carbonyl (C=O) groups is 1. The summed E-state index contributed by atoms with van der Waals surface area (Å²) in [6.45, 7) is 6.67. The lowest BCUT2D eigenvalue weighted by atomic mass is 9.78. The molecular weight excluding hydrogens is 394 g/mol. The number of unbranched alkanes of at least 4 members (excludes halogenated alkanes) is 2. The van der Waals surface area contributed by atoms with Crippen LogP contribution in [0.25, 0.3) is 0 Å². The van der Waals surface area contributed by atoms with E-state index in [1.165, 1.54) is 24.0 Å². The quantitative estimate of drug-likeness (QED) is 0.237. The molecule has 32 heavy (non-hydrogen) atoms. The van der Waals surface area contributed by atoms with E-state index in [0.29, 0.717) is 23.1 Å². The number of benzene rings is 2. The first-order chi connectivity index (χ1) is 15.5. The molecule has 3 heteroatoms. The minimum Gasteiger partial charge on any atom is -0.425 e. The lowest BCUT2D eigenvalue weighted by molar-refractivity contribution is -0.140. The first-order valence-corrected chi connectivity index (χ1v) is 12.3. The van der Waals surface area contributed by atoms with Crippen LogP contribution < -0.4 is 4.74 Å². The van der Waals surface area contributed by atoms with Gasteiger partial charge in [0.2, 0.25) is 0 Å². The molecule has 2 aromatic rings. The molecule has 1 aliphatic carbocycles. The van der Waals surface area contributed by atoms with Gasteiger partial charge in [0.25, 0.3) is 0 Å². The number of carbonyl (C=O) groups excluding carboxylic acids is 1. The molecule has 0 aliphatic heterocycles. The standard InChI is InChI=1S/C29H37NO2/c1-4-5-6-7-22-10-17-28(27(19-22)20-30)32-29(31)26-15-13-25(14-16-26)24-11-8-23(9-12-24)18-21(2)3/h8-12,17,19,21,25-26H,4-7,13-16,18H2,1-3H3. The summed E-state index contributed by atoms with van der Waals surface area (Å²) in [6.07, 6.45) is 9.24. The maximum atomic E-state index is 12.8. The minimum absolute atomic E-state index is 0.0813. The fourth-order valence-corrected chi connectivity index (χ4v) is 4.74. The predicted octanol–water partition coefficient (Wildman–Crippen LogP) is 7.37. The zero-order chi connectivity index (χ0) is 22.9. The molecular formula is C29H37NO2. The second-order valence-corrected chi connectivity index (χ2v) is 9.71. The second kappa shape index (κ2) is 11.9. The Kier molecular flexibility index (Phi) is 8.91. The predicted molar refractivity (Wildman–Crippen MR) is 130 cm³/mol. The SMILES string of the molecule is CCCCCc1ccc(OC(=O)C2CCC(c3ccc(CC(C)C)cc3)CC2)c(C#N)c1. The van der Waals surface area contributed by atoms with Gasteiger partial charge in [-0.25, -0.2) is 0 Å². The average Bonchev–Trinajstić information content (AvgIpc) is 2.80. The van der Waals surface area contributed by atoms with E-state index < -0.39 is 0 Å². The van der Waals surface area contributed by atoms with Crippen molar-refractivity contribution in [1.29, 1.82) is 5.26 Å². The molecule has 3 rings (SSSR count). The second-order valence-electron chi connectivity index (χ2n) is 9.71. The molecule has 0 N–H and O–H groups in total. The zero-order valence-electron chi connectivity index (χ0n) is 19.9. The normalized spacial score (nSPS) is 18.3. The average molecular weight is 432 g/mol. The van der Waals surface area contributed by atoms with Gasteiger partial charge in [0, 0.05) is 0 Å². The number of hydrogen-bond donors (Lipinski definition) is 0. The van der Waals surface area contributed by atoms with Crippen LogP contribution in [0.2, 0.25) is 0 Å². The Bertz CT molecular complexity index is 915. The van der Waals surface area contributed by atoms with E-state index in [1.807, 2.05) is 12.1 Å². The van der Waals surface area contributed by atoms with E-state index in [9.17, 15) is 10.1 Å². The highest BCUT2D eigenvalue weighted by molar-refractivity contribution is 5.76. The number of hydrogen-bond acceptors (Lipinski definition) is 3. The number of aryl methyl sites for hydroxylation is 1. The molecule has 1 fully saturated rings. The molecule has 0 atom stereocenters. The largest absolute Gasteiger partial charge is 0.425 e. The highest BCUT2D eigenvalue weighted by Crippen LogP contribution is 2.37. The van der Waals surface area contributed by atoms with E-state index >= 15 is 0 Å². The monoisotopic (exact) mass is 431 g/mol. The van der Waals surface area contributed by atoms with Gasteiger partial charge in [-0.05, 0) is 85.6 Å². The van der Waals surface area contributed by atoms with Crippen LogP contribution >= 0.6 is 0 Å². The Morgan fingerprint density at radius 2 is 1.72 bits per heavy atom. The maximum Gasteiger partial charge on any atom is 0.314 e. The lowest BCUT2D eigenvalue weighted by Gasteiger charge is -2.27. The van der Waals surface area contributed by atoms with Crippen molar-refractivity contribution in [2.75, 3.05) is 0 Å². The highest BCUT2D eigenvalue weighted by atomic mass is 16.5. The molecule has 1 aliphatic rings. The van der Waals surface area contributed by atoms with Crippen molar-refractivity contribution in [2.24, 2.45) is 11.8 Å². The number of ether oxygens (including phenoxy) is 1. The van der Waals surface area contributed by atoms with Gasteiger partial charge in [-0.3, -0.25) is 4.79 Å². The summed E-state index contributed by atoms with van der Waals surface area (Å²) in [5, 5.41) is 9.52. The van der Waals surface area contributed by atoms with Gasteiger partial charge < -0.3 is 4.74 Å². The van der Waals surface area contributed by atoms with E-state index in [-0.39, 0.29) is 11.9 Å². The highest BCUT2D eigenvalue weighted by Gasteiger charge is 2.29. The number of esters is 1. The van der Waals surface area contributed by atoms with Crippen molar-refractivity contribution in [3.63, 3.8) is 0 Å². The summed E-state index contributed by atoms with van der Waals surface area (Å²) in [5.74, 6) is 1.32. The lowest BCUT2D eigenvalue weighted by Crippen LogP contribution is -2.25. The van der Waals surface area contributed by atoms with Gasteiger partial charge in [-0.2, -0.15) is 5.26 Å². The molecule has 2 aromatic carbocycles. The van der Waals surface area contributed by atoms with Crippen LogP contribution in [0.4, 0.5) is 0 Å². The molecule has 0 amide bonds. The van der Waals surface area contributed by atoms with Gasteiger partial charge in [0.05, 0.1) is 11.5 Å². The third kappa shape index (κ3) is 6.70. The molecule has 170 valence electrons. The van der Waals surface area contributed by atoms with Crippen LogP contribution in [-0.2, 0) is 17.6 Å². The minimum atomic E-state index is -0.189. The summed E-state index contributed by atoms with van der Waals surface area (Å²) in [4.78, 5) is 12.8. The van der Waals surface area contributed by atoms with Crippen LogP contribution in [0.3, 0.4) is 0 Å². The first kappa shape index (κ1) is 24.1. The van der Waals surface area contributed by atoms with Crippen LogP contribution in [0.15, 0.2) is 42.5 Å². The number of rotatable bonds is 9. The molecule has 1 saturated carbocycles. The smallest absolute Gasteiger partial charge is 0.314 e. The Morgan fingerprint density at radius 3 is 2.34 bits per heavy atom.